The molecule has 3 aromatic rings. The minimum absolute atomic E-state index is 0.0697. The molecule has 8 nitrogen and oxygen atoms in total. The molecule has 2 amide bonds. The summed E-state index contributed by atoms with van der Waals surface area (Å²) in [5.41, 5.74) is 2.46. The number of nitrogens with zero attached hydrogens (tertiary/aromatic N) is 4. The number of carbonyl (C=O) groups excluding carboxylic acids is 2. The van der Waals surface area contributed by atoms with Crippen LogP contribution in [0, 0.1) is 18.3 Å². The fourth-order valence-electron chi connectivity index (χ4n) is 4.67. The molecule has 1 saturated carbocycles. The first-order chi connectivity index (χ1) is 14.5. The molecule has 4 heterocycles. The largest absolute Gasteiger partial charge is 0.449 e. The molecule has 0 radical (unpaired) electrons. The Morgan fingerprint density at radius 3 is 2.80 bits per heavy atom. The molecule has 5 rings (SSSR count). The number of piperidine rings is 1. The van der Waals surface area contributed by atoms with Crippen LogP contribution in [-0.2, 0) is 7.05 Å². The Hall–Kier alpha value is -3.16. The SMILES string of the molecule is Cc1c(C(=O)N2CCC3(CC2)CC3CNC(=O)c2cc3ccncc3o2)cnn1C. The van der Waals surface area contributed by atoms with E-state index in [-0.39, 0.29) is 17.2 Å². The van der Waals surface area contributed by atoms with Crippen LogP contribution in [0.1, 0.15) is 45.9 Å². The lowest BCUT2D eigenvalue weighted by molar-refractivity contribution is 0.0668. The van der Waals surface area contributed by atoms with Crippen molar-refractivity contribution in [1.82, 2.24) is 25.0 Å². The zero-order valence-corrected chi connectivity index (χ0v) is 17.2. The van der Waals surface area contributed by atoms with Crippen molar-refractivity contribution >= 4 is 22.8 Å². The number of hydrogen-bond acceptors (Lipinski definition) is 5. The molecule has 1 unspecified atom stereocenters. The maximum absolute atomic E-state index is 12.8. The van der Waals surface area contributed by atoms with Gasteiger partial charge < -0.3 is 14.6 Å². The van der Waals surface area contributed by atoms with E-state index in [9.17, 15) is 9.59 Å². The molecule has 2 fully saturated rings. The maximum Gasteiger partial charge on any atom is 0.287 e. The Balaban J connectivity index is 1.14. The normalized spacial score (nSPS) is 19.9. The highest BCUT2D eigenvalue weighted by atomic mass is 16.3. The molecule has 1 aliphatic heterocycles. The van der Waals surface area contributed by atoms with Crippen molar-refractivity contribution in [2.24, 2.45) is 18.4 Å². The minimum Gasteiger partial charge on any atom is -0.449 e. The fourth-order valence-corrected chi connectivity index (χ4v) is 4.67. The summed E-state index contributed by atoms with van der Waals surface area (Å²) < 4.78 is 7.32. The summed E-state index contributed by atoms with van der Waals surface area (Å²) in [5, 5.41) is 8.08. The van der Waals surface area contributed by atoms with E-state index in [0.717, 1.165) is 43.4 Å². The molecule has 0 aromatic carbocycles. The standard InChI is InChI=1S/C22H25N5O3/c1-14-17(12-25-26(14)2)21(29)27-7-4-22(5-8-27)10-16(22)11-24-20(28)18-9-15-3-6-23-13-19(15)30-18/h3,6,9,12-13,16H,4-5,7-8,10-11H2,1-2H3,(H,24,28). The van der Waals surface area contributed by atoms with Gasteiger partial charge in [0.2, 0.25) is 0 Å². The molecule has 3 aromatic heterocycles. The van der Waals surface area contributed by atoms with Gasteiger partial charge in [-0.05, 0) is 49.7 Å². The number of likely N-dealkylation sites (tertiary alicyclic amines) is 1. The number of aromatic nitrogens is 3. The first-order valence-corrected chi connectivity index (χ1v) is 10.4. The average Bonchev–Trinajstić information content (AvgIpc) is 3.08. The number of carbonyl (C=O) groups is 2. The van der Waals surface area contributed by atoms with Gasteiger partial charge in [0.15, 0.2) is 11.3 Å². The van der Waals surface area contributed by atoms with Crippen molar-refractivity contribution in [3.8, 4) is 0 Å². The van der Waals surface area contributed by atoms with Crippen LogP contribution in [-0.4, -0.2) is 51.1 Å². The maximum atomic E-state index is 12.8. The second-order valence-electron chi connectivity index (χ2n) is 8.56. The Labute approximate surface area is 174 Å². The van der Waals surface area contributed by atoms with Gasteiger partial charge in [-0.15, -0.1) is 0 Å². The van der Waals surface area contributed by atoms with Gasteiger partial charge in [-0.3, -0.25) is 19.3 Å². The number of aryl methyl sites for hydroxylation is 1. The molecule has 0 bridgehead atoms. The lowest BCUT2D eigenvalue weighted by Crippen LogP contribution is -2.40. The highest BCUT2D eigenvalue weighted by molar-refractivity contribution is 5.96. The zero-order valence-electron chi connectivity index (χ0n) is 17.2. The van der Waals surface area contributed by atoms with Gasteiger partial charge in [0.25, 0.3) is 11.8 Å². The fraction of sp³-hybridized carbons (Fsp3) is 0.455. The van der Waals surface area contributed by atoms with Gasteiger partial charge in [0.1, 0.15) is 0 Å². The van der Waals surface area contributed by atoms with Crippen molar-refractivity contribution in [3.63, 3.8) is 0 Å². The van der Waals surface area contributed by atoms with Crippen LogP contribution in [0.3, 0.4) is 0 Å². The Morgan fingerprint density at radius 1 is 1.30 bits per heavy atom. The molecule has 8 heteroatoms. The highest BCUT2D eigenvalue weighted by Crippen LogP contribution is 2.59. The number of pyridine rings is 1. The third-order valence-electron chi connectivity index (χ3n) is 6.93. The number of hydrogen-bond donors (Lipinski definition) is 1. The molecule has 1 aliphatic carbocycles. The van der Waals surface area contributed by atoms with E-state index in [1.54, 1.807) is 29.3 Å². The highest BCUT2D eigenvalue weighted by Gasteiger charge is 2.54. The number of amides is 2. The second-order valence-corrected chi connectivity index (χ2v) is 8.56. The number of furan rings is 1. The summed E-state index contributed by atoms with van der Waals surface area (Å²) in [6.45, 7) is 4.08. The topological polar surface area (TPSA) is 93.3 Å². The molecule has 1 N–H and O–H groups in total. The molecular formula is C22H25N5O3. The number of nitrogens with one attached hydrogen (secondary N) is 1. The lowest BCUT2D eigenvalue weighted by Gasteiger charge is -2.33. The van der Waals surface area contributed by atoms with Crippen molar-refractivity contribution in [2.75, 3.05) is 19.6 Å². The Bertz CT molecular complexity index is 1090. The molecule has 156 valence electrons. The summed E-state index contributed by atoms with van der Waals surface area (Å²) in [4.78, 5) is 31.2. The monoisotopic (exact) mass is 407 g/mol. The van der Waals surface area contributed by atoms with E-state index < -0.39 is 0 Å². The summed E-state index contributed by atoms with van der Waals surface area (Å²) in [6.07, 6.45) is 8.02. The zero-order chi connectivity index (χ0) is 20.9. The van der Waals surface area contributed by atoms with Gasteiger partial charge in [-0.1, -0.05) is 0 Å². The van der Waals surface area contributed by atoms with Gasteiger partial charge in [-0.2, -0.15) is 5.10 Å². The molecule has 1 saturated heterocycles. The predicted octanol–water partition coefficient (Wildman–Crippen LogP) is 2.54. The third kappa shape index (κ3) is 3.16. The van der Waals surface area contributed by atoms with Crippen LogP contribution in [0.15, 0.2) is 35.1 Å². The van der Waals surface area contributed by atoms with Gasteiger partial charge in [0, 0.05) is 44.0 Å². The van der Waals surface area contributed by atoms with E-state index in [4.69, 9.17) is 4.42 Å². The summed E-state index contributed by atoms with van der Waals surface area (Å²) in [6, 6.07) is 3.58. The molecular weight excluding hydrogens is 382 g/mol. The first-order valence-electron chi connectivity index (χ1n) is 10.4. The van der Waals surface area contributed by atoms with Gasteiger partial charge >= 0.3 is 0 Å². The first kappa shape index (κ1) is 18.8. The molecule has 1 atom stereocenters. The quantitative estimate of drug-likeness (QED) is 0.717. The van der Waals surface area contributed by atoms with Gasteiger partial charge in [-0.25, -0.2) is 0 Å². The Kier molecular flexibility index (Phi) is 4.38. The van der Waals surface area contributed by atoms with Crippen molar-refractivity contribution in [2.45, 2.75) is 26.2 Å². The molecule has 30 heavy (non-hydrogen) atoms. The van der Waals surface area contributed by atoms with Crippen LogP contribution in [0.4, 0.5) is 0 Å². The average molecular weight is 407 g/mol. The van der Waals surface area contributed by atoms with E-state index >= 15 is 0 Å². The van der Waals surface area contributed by atoms with Crippen LogP contribution < -0.4 is 5.32 Å². The van der Waals surface area contributed by atoms with Gasteiger partial charge in [0.05, 0.1) is 18.0 Å². The predicted molar refractivity (Wildman–Crippen MR) is 110 cm³/mol. The number of fused-ring (bicyclic) bond motifs is 1. The van der Waals surface area contributed by atoms with E-state index in [1.165, 1.54) is 0 Å². The molecule has 1 spiro atoms. The van der Waals surface area contributed by atoms with Crippen molar-refractivity contribution in [3.05, 3.63) is 47.7 Å². The number of rotatable bonds is 4. The summed E-state index contributed by atoms with van der Waals surface area (Å²) in [7, 11) is 1.85. The summed E-state index contributed by atoms with van der Waals surface area (Å²) >= 11 is 0. The summed E-state index contributed by atoms with van der Waals surface area (Å²) in [5.74, 6) is 0.665. The molecule has 2 aliphatic rings. The van der Waals surface area contributed by atoms with Crippen LogP contribution in [0.25, 0.3) is 11.0 Å². The van der Waals surface area contributed by atoms with Crippen molar-refractivity contribution < 1.29 is 14.0 Å². The third-order valence-corrected chi connectivity index (χ3v) is 6.93. The van der Waals surface area contributed by atoms with E-state index in [1.807, 2.05) is 24.9 Å². The van der Waals surface area contributed by atoms with E-state index in [2.05, 4.69) is 15.4 Å². The Morgan fingerprint density at radius 2 is 2.10 bits per heavy atom. The smallest absolute Gasteiger partial charge is 0.287 e. The van der Waals surface area contributed by atoms with Crippen LogP contribution >= 0.6 is 0 Å². The van der Waals surface area contributed by atoms with Crippen LogP contribution in [0.2, 0.25) is 0 Å². The van der Waals surface area contributed by atoms with Crippen molar-refractivity contribution in [1.29, 1.82) is 0 Å². The van der Waals surface area contributed by atoms with E-state index in [0.29, 0.717) is 29.4 Å². The second kappa shape index (κ2) is 6.97. The van der Waals surface area contributed by atoms with Crippen LogP contribution in [0.5, 0.6) is 0 Å². The lowest BCUT2D eigenvalue weighted by atomic mass is 9.90. The minimum atomic E-state index is -0.187.